The quantitative estimate of drug-likeness (QED) is 0.740. The van der Waals surface area contributed by atoms with Crippen molar-refractivity contribution >= 4 is 5.97 Å². The Bertz CT molecular complexity index is 596. The Morgan fingerprint density at radius 1 is 0.900 bits per heavy atom. The van der Waals surface area contributed by atoms with E-state index in [0.29, 0.717) is 6.42 Å². The maximum Gasteiger partial charge on any atom is 0.313 e. The van der Waals surface area contributed by atoms with Crippen LogP contribution in [0.3, 0.4) is 0 Å². The average Bonchev–Trinajstić information content (AvgIpc) is 2.49. The minimum atomic E-state index is -0.223. The third-order valence-electron chi connectivity index (χ3n) is 4.03. The summed E-state index contributed by atoms with van der Waals surface area (Å²) in [4.78, 5) is 12.1. The molecule has 4 bridgehead atoms. The van der Waals surface area contributed by atoms with E-state index in [1.807, 2.05) is 0 Å². The molecule has 0 aliphatic heterocycles. The van der Waals surface area contributed by atoms with Crippen molar-refractivity contribution in [3.05, 3.63) is 70.8 Å². The highest BCUT2D eigenvalue weighted by atomic mass is 16.5. The van der Waals surface area contributed by atoms with Crippen LogP contribution in [-0.4, -0.2) is 13.1 Å². The van der Waals surface area contributed by atoms with Crippen molar-refractivity contribution in [1.29, 1.82) is 0 Å². The zero-order valence-corrected chi connectivity index (χ0v) is 11.6. The molecule has 0 saturated heterocycles. The molecule has 0 amide bonds. The van der Waals surface area contributed by atoms with Crippen molar-refractivity contribution in [2.24, 2.45) is 0 Å². The van der Waals surface area contributed by atoms with E-state index in [1.54, 1.807) is 0 Å². The van der Waals surface area contributed by atoms with Crippen LogP contribution in [-0.2, 0) is 28.8 Å². The zero-order valence-electron chi connectivity index (χ0n) is 11.6. The Morgan fingerprint density at radius 3 is 1.95 bits per heavy atom. The van der Waals surface area contributed by atoms with Gasteiger partial charge >= 0.3 is 5.97 Å². The van der Waals surface area contributed by atoms with Crippen LogP contribution in [0, 0.1) is 0 Å². The summed E-state index contributed by atoms with van der Waals surface area (Å²) in [6, 6.07) is 16.9. The van der Waals surface area contributed by atoms with Gasteiger partial charge in [-0.2, -0.15) is 0 Å². The summed E-state index contributed by atoms with van der Waals surface area (Å²) in [5.41, 5.74) is 4.86. The van der Waals surface area contributed by atoms with Gasteiger partial charge in [0.25, 0.3) is 0 Å². The number of hydrogen-bond acceptors (Lipinski definition) is 2. The Hall–Kier alpha value is -2.09. The van der Waals surface area contributed by atoms with Crippen molar-refractivity contribution in [2.75, 3.05) is 7.11 Å². The molecule has 102 valence electrons. The Kier molecular flexibility index (Phi) is 3.55. The molecule has 0 spiro atoms. The topological polar surface area (TPSA) is 26.3 Å². The predicted molar refractivity (Wildman–Crippen MR) is 78.8 cm³/mol. The summed E-state index contributed by atoms with van der Waals surface area (Å²) in [6.45, 7) is 0. The number of carbonyl (C=O) groups is 1. The molecule has 6 rings (SSSR count). The number of benzene rings is 2. The lowest BCUT2D eigenvalue weighted by molar-refractivity contribution is -0.142. The summed E-state index contributed by atoms with van der Waals surface area (Å²) in [5.74, 6) is -0.391. The Morgan fingerprint density at radius 2 is 1.40 bits per heavy atom. The third-order valence-corrected chi connectivity index (χ3v) is 4.03. The van der Waals surface area contributed by atoms with Crippen molar-refractivity contribution in [3.63, 3.8) is 0 Å². The fourth-order valence-electron chi connectivity index (χ4n) is 2.76. The van der Waals surface area contributed by atoms with Gasteiger partial charge in [-0.15, -0.1) is 0 Å². The van der Waals surface area contributed by atoms with Crippen molar-refractivity contribution in [2.45, 2.75) is 25.2 Å². The Labute approximate surface area is 119 Å². The number of hydrogen-bond donors (Lipinski definition) is 0. The summed E-state index contributed by atoms with van der Waals surface area (Å²) in [7, 11) is 1.45. The molecule has 0 heterocycles. The fourth-order valence-corrected chi connectivity index (χ4v) is 2.76. The zero-order chi connectivity index (χ0) is 13.9. The summed E-state index contributed by atoms with van der Waals surface area (Å²) in [5, 5.41) is 0. The van der Waals surface area contributed by atoms with E-state index < -0.39 is 0 Å². The van der Waals surface area contributed by atoms with Gasteiger partial charge in [0.15, 0.2) is 0 Å². The van der Waals surface area contributed by atoms with Crippen LogP contribution in [0.1, 0.15) is 28.2 Å². The van der Waals surface area contributed by atoms with Gasteiger partial charge in [-0.1, -0.05) is 48.5 Å². The van der Waals surface area contributed by atoms with Crippen molar-refractivity contribution in [1.82, 2.24) is 0 Å². The molecule has 2 nitrogen and oxygen atoms in total. The van der Waals surface area contributed by atoms with Gasteiger partial charge in [0.2, 0.25) is 0 Å². The van der Waals surface area contributed by atoms with Gasteiger partial charge in [0, 0.05) is 0 Å². The van der Waals surface area contributed by atoms with Crippen LogP contribution >= 0.6 is 0 Å². The van der Waals surface area contributed by atoms with Crippen LogP contribution in [0.15, 0.2) is 48.5 Å². The second kappa shape index (κ2) is 5.49. The van der Waals surface area contributed by atoms with E-state index in [-0.39, 0.29) is 11.9 Å². The monoisotopic (exact) mass is 266 g/mol. The second-order valence-electron chi connectivity index (χ2n) is 5.34. The summed E-state index contributed by atoms with van der Waals surface area (Å²) >= 11 is 0. The van der Waals surface area contributed by atoms with Crippen LogP contribution < -0.4 is 0 Å². The summed E-state index contributed by atoms with van der Waals surface area (Å²) in [6.07, 6.45) is 2.77. The number of carbonyl (C=O) groups excluding carboxylic acids is 1. The van der Waals surface area contributed by atoms with Crippen LogP contribution in [0.2, 0.25) is 0 Å². The smallest absolute Gasteiger partial charge is 0.313 e. The largest absolute Gasteiger partial charge is 0.469 e. The number of esters is 1. The maximum atomic E-state index is 12.1. The average molecular weight is 266 g/mol. The molecule has 4 aliphatic rings. The first kappa shape index (κ1) is 12.9. The first-order valence-electron chi connectivity index (χ1n) is 7.01. The number of aryl methyl sites for hydroxylation is 2. The molecule has 0 aromatic heterocycles. The molecule has 0 saturated carbocycles. The number of methoxy groups -OCH3 is 1. The lowest BCUT2D eigenvalue weighted by Gasteiger charge is -2.17. The predicted octanol–water partition coefficient (Wildman–Crippen LogP) is 3.28. The molecule has 0 radical (unpaired) electrons. The van der Waals surface area contributed by atoms with E-state index in [1.165, 1.54) is 23.8 Å². The van der Waals surface area contributed by atoms with E-state index >= 15 is 0 Å². The molecule has 0 N–H and O–H groups in total. The number of rotatable bonds is 1. The first-order chi connectivity index (χ1) is 9.76. The van der Waals surface area contributed by atoms with Gasteiger partial charge in [0.05, 0.1) is 13.0 Å². The fraction of sp³-hybridized carbons (Fsp3) is 0.278. The highest BCUT2D eigenvalue weighted by Gasteiger charge is 2.22. The van der Waals surface area contributed by atoms with Gasteiger partial charge in [-0.05, 0) is 41.5 Å². The molecule has 4 aliphatic carbocycles. The lowest BCUT2D eigenvalue weighted by Crippen LogP contribution is -2.17. The standard InChI is InChI=1S/C18H18O2/c1-20-18(19)17-12-15-6-4-13(5-7-15)2-3-14-8-10-16(17)11-9-14/h4-11,17H,2-3,12H2,1H3. The molecule has 2 aromatic rings. The second-order valence-corrected chi connectivity index (χ2v) is 5.34. The Balaban J connectivity index is 2.04. The molecular formula is C18H18O2. The normalized spacial score (nSPS) is 17.4. The molecule has 0 fully saturated rings. The molecule has 1 unspecified atom stereocenters. The van der Waals surface area contributed by atoms with Gasteiger partial charge in [-0.3, -0.25) is 4.79 Å². The maximum absolute atomic E-state index is 12.1. The molecule has 1 atom stereocenters. The summed E-state index contributed by atoms with van der Waals surface area (Å²) < 4.78 is 4.97. The lowest BCUT2D eigenvalue weighted by atomic mass is 9.89. The van der Waals surface area contributed by atoms with Crippen LogP contribution in [0.4, 0.5) is 0 Å². The minimum absolute atomic E-state index is 0.168. The van der Waals surface area contributed by atoms with Gasteiger partial charge in [0.1, 0.15) is 0 Å². The third kappa shape index (κ3) is 2.60. The SMILES string of the molecule is COC(=O)C1Cc2ccc(cc2)CCc2ccc1cc2. The van der Waals surface area contributed by atoms with Crippen molar-refractivity contribution < 1.29 is 9.53 Å². The molecule has 2 heteroatoms. The molecule has 20 heavy (non-hydrogen) atoms. The van der Waals surface area contributed by atoms with Crippen molar-refractivity contribution in [3.8, 4) is 0 Å². The number of ether oxygens (including phenoxy) is 1. The highest BCUT2D eigenvalue weighted by Crippen LogP contribution is 2.24. The van der Waals surface area contributed by atoms with E-state index in [2.05, 4.69) is 48.5 Å². The highest BCUT2D eigenvalue weighted by molar-refractivity contribution is 5.78. The molecular weight excluding hydrogens is 248 g/mol. The van der Waals surface area contributed by atoms with Crippen LogP contribution in [0.25, 0.3) is 0 Å². The van der Waals surface area contributed by atoms with Gasteiger partial charge < -0.3 is 4.74 Å². The van der Waals surface area contributed by atoms with Gasteiger partial charge in [-0.25, -0.2) is 0 Å². The van der Waals surface area contributed by atoms with E-state index in [0.717, 1.165) is 18.4 Å². The van der Waals surface area contributed by atoms with E-state index in [9.17, 15) is 4.79 Å². The van der Waals surface area contributed by atoms with E-state index in [4.69, 9.17) is 4.74 Å². The molecule has 2 aromatic carbocycles. The first-order valence-corrected chi connectivity index (χ1v) is 7.01. The minimum Gasteiger partial charge on any atom is -0.469 e. The van der Waals surface area contributed by atoms with Crippen LogP contribution in [0.5, 0.6) is 0 Å².